The van der Waals surface area contributed by atoms with Crippen LogP contribution in [0.5, 0.6) is 0 Å². The quantitative estimate of drug-likeness (QED) is 0.504. The third-order valence-electron chi connectivity index (χ3n) is 8.72. The highest BCUT2D eigenvalue weighted by Crippen LogP contribution is 2.69. The SMILES string of the molecule is CC[C@@H]1[C@H](C)CCC2[C@]3(C)CCCC(C)(C)C3CC[C@@]21C. The minimum absolute atomic E-state index is 0.582. The fraction of sp³-hybridized carbons (Fsp3) is 1.00. The first-order valence-corrected chi connectivity index (χ1v) is 9.75. The van der Waals surface area contributed by atoms with Crippen LogP contribution in [0.15, 0.2) is 0 Å². The van der Waals surface area contributed by atoms with Crippen molar-refractivity contribution in [2.45, 2.75) is 92.9 Å². The zero-order valence-electron chi connectivity index (χ0n) is 15.5. The van der Waals surface area contributed by atoms with Gasteiger partial charge in [0.2, 0.25) is 0 Å². The molecule has 0 aliphatic heterocycles. The van der Waals surface area contributed by atoms with Gasteiger partial charge in [0.05, 0.1) is 0 Å². The van der Waals surface area contributed by atoms with E-state index >= 15 is 0 Å². The second kappa shape index (κ2) is 5.00. The highest BCUT2D eigenvalue weighted by Gasteiger charge is 2.61. The molecule has 3 rings (SSSR count). The van der Waals surface area contributed by atoms with Crippen molar-refractivity contribution in [1.82, 2.24) is 0 Å². The largest absolute Gasteiger partial charge is 0.0651 e. The third kappa shape index (κ3) is 2.14. The summed E-state index contributed by atoms with van der Waals surface area (Å²) in [4.78, 5) is 0. The molecule has 0 radical (unpaired) electrons. The van der Waals surface area contributed by atoms with Gasteiger partial charge < -0.3 is 0 Å². The number of hydrogen-bond acceptors (Lipinski definition) is 0. The van der Waals surface area contributed by atoms with E-state index in [0.29, 0.717) is 16.2 Å². The molecule has 0 heteroatoms. The Morgan fingerprint density at radius 3 is 2.19 bits per heavy atom. The Morgan fingerprint density at radius 2 is 1.52 bits per heavy atom. The van der Waals surface area contributed by atoms with E-state index in [4.69, 9.17) is 0 Å². The molecule has 0 aromatic heterocycles. The molecule has 0 saturated heterocycles. The Kier molecular flexibility index (Phi) is 3.78. The lowest BCUT2D eigenvalue weighted by Gasteiger charge is -2.66. The van der Waals surface area contributed by atoms with Crippen LogP contribution in [0.3, 0.4) is 0 Å². The van der Waals surface area contributed by atoms with Gasteiger partial charge in [-0.05, 0) is 72.0 Å². The second-order valence-corrected chi connectivity index (χ2v) is 10.1. The van der Waals surface area contributed by atoms with Crippen LogP contribution in [0.4, 0.5) is 0 Å². The van der Waals surface area contributed by atoms with Crippen molar-refractivity contribution in [3.05, 3.63) is 0 Å². The molecule has 3 fully saturated rings. The maximum atomic E-state index is 2.70. The number of fused-ring (bicyclic) bond motifs is 3. The summed E-state index contributed by atoms with van der Waals surface area (Å²) in [5, 5.41) is 0. The highest BCUT2D eigenvalue weighted by molar-refractivity contribution is 5.10. The summed E-state index contributed by atoms with van der Waals surface area (Å²) in [7, 11) is 0. The Labute approximate surface area is 133 Å². The molecule has 0 nitrogen and oxygen atoms in total. The van der Waals surface area contributed by atoms with E-state index in [-0.39, 0.29) is 0 Å². The van der Waals surface area contributed by atoms with Crippen molar-refractivity contribution < 1.29 is 0 Å². The van der Waals surface area contributed by atoms with Gasteiger partial charge in [0, 0.05) is 0 Å². The second-order valence-electron chi connectivity index (χ2n) is 10.1. The molecule has 3 aliphatic carbocycles. The molecule has 3 saturated carbocycles. The van der Waals surface area contributed by atoms with E-state index in [2.05, 4.69) is 41.5 Å². The molecule has 0 heterocycles. The van der Waals surface area contributed by atoms with E-state index < -0.39 is 0 Å². The summed E-state index contributed by atoms with van der Waals surface area (Å²) in [5.41, 5.74) is 1.84. The smallest absolute Gasteiger partial charge is 0.0259 e. The Balaban J connectivity index is 1.98. The van der Waals surface area contributed by atoms with Gasteiger partial charge in [0.15, 0.2) is 0 Å². The van der Waals surface area contributed by atoms with Crippen molar-refractivity contribution >= 4 is 0 Å². The average molecular weight is 291 g/mol. The van der Waals surface area contributed by atoms with Gasteiger partial charge in [0.1, 0.15) is 0 Å². The topological polar surface area (TPSA) is 0 Å². The standard InChI is InChI=1S/C21H38/c1-7-16-15(2)9-10-18-20(16,5)14-11-17-19(3,4)12-8-13-21(17,18)6/h15-18H,7-14H2,1-6H3/t15-,16-,17?,18?,20-,21-/m1/s1. The van der Waals surface area contributed by atoms with Gasteiger partial charge in [-0.2, -0.15) is 0 Å². The normalized spacial score (nSPS) is 52.9. The minimum atomic E-state index is 0.582. The molecule has 0 amide bonds. The van der Waals surface area contributed by atoms with Crippen molar-refractivity contribution in [2.24, 2.45) is 39.9 Å². The summed E-state index contributed by atoms with van der Waals surface area (Å²) < 4.78 is 0. The molecule has 0 N–H and O–H groups in total. The van der Waals surface area contributed by atoms with Crippen LogP contribution in [0, 0.1) is 39.9 Å². The van der Waals surface area contributed by atoms with Gasteiger partial charge in [-0.3, -0.25) is 0 Å². The Bertz CT molecular complexity index is 395. The van der Waals surface area contributed by atoms with Crippen LogP contribution in [0.2, 0.25) is 0 Å². The molecule has 3 aliphatic rings. The molecule has 2 unspecified atom stereocenters. The fourth-order valence-electron chi connectivity index (χ4n) is 7.94. The molecular weight excluding hydrogens is 252 g/mol. The molecule has 0 bridgehead atoms. The van der Waals surface area contributed by atoms with Crippen molar-refractivity contribution in [1.29, 1.82) is 0 Å². The zero-order chi connectivity index (χ0) is 15.5. The number of hydrogen-bond donors (Lipinski definition) is 0. The van der Waals surface area contributed by atoms with Crippen LogP contribution in [-0.2, 0) is 0 Å². The van der Waals surface area contributed by atoms with Crippen LogP contribution in [0.1, 0.15) is 92.9 Å². The highest BCUT2D eigenvalue weighted by atomic mass is 14.7. The molecule has 0 aromatic rings. The maximum Gasteiger partial charge on any atom is -0.0259 e. The first kappa shape index (κ1) is 15.9. The predicted molar refractivity (Wildman–Crippen MR) is 92.2 cm³/mol. The molecule has 0 aromatic carbocycles. The van der Waals surface area contributed by atoms with E-state index in [1.807, 2.05) is 0 Å². The van der Waals surface area contributed by atoms with Crippen LogP contribution >= 0.6 is 0 Å². The van der Waals surface area contributed by atoms with Gasteiger partial charge in [-0.1, -0.05) is 60.8 Å². The molecule has 6 atom stereocenters. The van der Waals surface area contributed by atoms with Crippen LogP contribution < -0.4 is 0 Å². The van der Waals surface area contributed by atoms with Crippen molar-refractivity contribution in [3.8, 4) is 0 Å². The monoisotopic (exact) mass is 290 g/mol. The third-order valence-corrected chi connectivity index (χ3v) is 8.72. The lowest BCUT2D eigenvalue weighted by atomic mass is 9.38. The van der Waals surface area contributed by atoms with Gasteiger partial charge in [-0.15, -0.1) is 0 Å². The summed E-state index contributed by atoms with van der Waals surface area (Å²) in [6.45, 7) is 15.5. The summed E-state index contributed by atoms with van der Waals surface area (Å²) in [6.07, 6.45) is 11.8. The molecule has 0 spiro atoms. The predicted octanol–water partition coefficient (Wildman–Crippen LogP) is 6.69. The molecular formula is C21H38. The van der Waals surface area contributed by atoms with Crippen LogP contribution in [-0.4, -0.2) is 0 Å². The van der Waals surface area contributed by atoms with E-state index in [1.165, 1.54) is 51.4 Å². The average Bonchev–Trinajstić information content (AvgIpc) is 2.36. The maximum absolute atomic E-state index is 2.70. The summed E-state index contributed by atoms with van der Waals surface area (Å²) >= 11 is 0. The summed E-state index contributed by atoms with van der Waals surface area (Å²) in [6, 6.07) is 0. The first-order valence-electron chi connectivity index (χ1n) is 9.75. The lowest BCUT2D eigenvalue weighted by Crippen LogP contribution is -2.58. The lowest BCUT2D eigenvalue weighted by molar-refractivity contribution is -0.173. The zero-order valence-corrected chi connectivity index (χ0v) is 15.5. The van der Waals surface area contributed by atoms with Gasteiger partial charge in [-0.25, -0.2) is 0 Å². The van der Waals surface area contributed by atoms with Crippen molar-refractivity contribution in [3.63, 3.8) is 0 Å². The molecule has 122 valence electrons. The van der Waals surface area contributed by atoms with E-state index in [0.717, 1.165) is 23.7 Å². The van der Waals surface area contributed by atoms with E-state index in [9.17, 15) is 0 Å². The molecule has 21 heavy (non-hydrogen) atoms. The number of rotatable bonds is 1. The Hall–Kier alpha value is 0. The van der Waals surface area contributed by atoms with Crippen molar-refractivity contribution in [2.75, 3.05) is 0 Å². The fourth-order valence-corrected chi connectivity index (χ4v) is 7.94. The van der Waals surface area contributed by atoms with Gasteiger partial charge >= 0.3 is 0 Å². The Morgan fingerprint density at radius 1 is 0.810 bits per heavy atom. The van der Waals surface area contributed by atoms with Gasteiger partial charge in [0.25, 0.3) is 0 Å². The van der Waals surface area contributed by atoms with E-state index in [1.54, 1.807) is 0 Å². The van der Waals surface area contributed by atoms with Crippen LogP contribution in [0.25, 0.3) is 0 Å². The summed E-state index contributed by atoms with van der Waals surface area (Å²) in [5.74, 6) is 3.89. The minimum Gasteiger partial charge on any atom is -0.0651 e. The first-order chi connectivity index (χ1) is 9.75.